The van der Waals surface area contributed by atoms with Crippen LogP contribution in [0.25, 0.3) is 0 Å². The number of allylic oxidation sites excluding steroid dienone is 4. The number of ketones is 2. The van der Waals surface area contributed by atoms with Crippen molar-refractivity contribution >= 4 is 11.6 Å². The van der Waals surface area contributed by atoms with E-state index in [0.29, 0.717) is 6.42 Å². The molecular formula is C21H30O5. The summed E-state index contributed by atoms with van der Waals surface area (Å²) >= 11 is 0. The van der Waals surface area contributed by atoms with Gasteiger partial charge in [0.2, 0.25) is 5.78 Å². The van der Waals surface area contributed by atoms with Crippen molar-refractivity contribution in [3.8, 4) is 0 Å². The average molecular weight is 362 g/mol. The Kier molecular flexibility index (Phi) is 7.16. The van der Waals surface area contributed by atoms with Crippen LogP contribution in [-0.2, 0) is 9.59 Å². The third-order valence-electron chi connectivity index (χ3n) is 4.63. The van der Waals surface area contributed by atoms with Gasteiger partial charge in [-0.15, -0.1) is 0 Å². The van der Waals surface area contributed by atoms with Gasteiger partial charge in [0.1, 0.15) is 17.1 Å². The van der Waals surface area contributed by atoms with Gasteiger partial charge in [-0.25, -0.2) is 0 Å². The van der Waals surface area contributed by atoms with E-state index in [9.17, 15) is 24.9 Å². The summed E-state index contributed by atoms with van der Waals surface area (Å²) in [5, 5.41) is 32.1. The first-order valence-corrected chi connectivity index (χ1v) is 8.91. The van der Waals surface area contributed by atoms with Crippen molar-refractivity contribution in [1.29, 1.82) is 0 Å². The van der Waals surface area contributed by atoms with Gasteiger partial charge in [0, 0.05) is 17.9 Å². The maximum Gasteiger partial charge on any atom is 0.209 e. The first-order chi connectivity index (χ1) is 12.0. The lowest BCUT2D eigenvalue weighted by atomic mass is 9.76. The molecule has 0 aromatic heterocycles. The number of carbonyl (C=O) groups excluding carboxylic acids is 2. The Hall–Kier alpha value is -2.14. The number of aliphatic hydroxyl groups excluding tert-OH is 2. The molecule has 0 aromatic rings. The standard InChI is InChI=1S/C21H30O5/c1-7-14(6)17(22)16-18(23)15(9-8-12(2)3)19(24)21(26,20(16)25)11-10-13(4)5/h8,10,14,23-24,26H,7,9,11H2,1-6H3/t14?,21-/m0/s1. The number of hydrogen-bond donors (Lipinski definition) is 3. The van der Waals surface area contributed by atoms with Crippen LogP contribution in [0.1, 0.15) is 60.8 Å². The van der Waals surface area contributed by atoms with Crippen LogP contribution in [0.2, 0.25) is 0 Å². The lowest BCUT2D eigenvalue weighted by Gasteiger charge is -2.32. The van der Waals surface area contributed by atoms with Gasteiger partial charge in [0.15, 0.2) is 11.4 Å². The summed E-state index contributed by atoms with van der Waals surface area (Å²) in [6.07, 6.45) is 3.82. The SMILES string of the molecule is CCC(C)C(=O)C1=C(O)C(CC=C(C)C)=C(O)[C@@](O)(CC=C(C)C)C1=O. The second-order valence-electron chi connectivity index (χ2n) is 7.38. The van der Waals surface area contributed by atoms with E-state index in [1.54, 1.807) is 39.8 Å². The zero-order valence-electron chi connectivity index (χ0n) is 16.5. The normalized spacial score (nSPS) is 21.6. The van der Waals surface area contributed by atoms with Crippen LogP contribution < -0.4 is 0 Å². The molecule has 5 nitrogen and oxygen atoms in total. The van der Waals surface area contributed by atoms with E-state index in [2.05, 4.69) is 0 Å². The molecule has 0 saturated heterocycles. The molecule has 0 spiro atoms. The van der Waals surface area contributed by atoms with Crippen molar-refractivity contribution in [2.24, 2.45) is 5.92 Å². The van der Waals surface area contributed by atoms with Crippen molar-refractivity contribution in [2.75, 3.05) is 0 Å². The zero-order valence-corrected chi connectivity index (χ0v) is 16.5. The van der Waals surface area contributed by atoms with Crippen LogP contribution >= 0.6 is 0 Å². The molecule has 1 aliphatic carbocycles. The molecule has 0 radical (unpaired) electrons. The Bertz CT molecular complexity index is 713. The molecule has 0 amide bonds. The highest BCUT2D eigenvalue weighted by molar-refractivity contribution is 6.25. The van der Waals surface area contributed by atoms with Gasteiger partial charge in [-0.1, -0.05) is 37.1 Å². The van der Waals surface area contributed by atoms with E-state index >= 15 is 0 Å². The van der Waals surface area contributed by atoms with E-state index in [1.165, 1.54) is 0 Å². The highest BCUT2D eigenvalue weighted by atomic mass is 16.3. The number of carbonyl (C=O) groups is 2. The van der Waals surface area contributed by atoms with Gasteiger partial charge in [0.05, 0.1) is 0 Å². The molecule has 0 saturated carbocycles. The topological polar surface area (TPSA) is 94.8 Å². The smallest absolute Gasteiger partial charge is 0.209 e. The molecule has 3 N–H and O–H groups in total. The van der Waals surface area contributed by atoms with E-state index in [1.807, 2.05) is 13.8 Å². The molecular weight excluding hydrogens is 332 g/mol. The molecule has 0 fully saturated rings. The first-order valence-electron chi connectivity index (χ1n) is 8.91. The summed E-state index contributed by atoms with van der Waals surface area (Å²) in [5.74, 6) is -3.06. The first kappa shape index (κ1) is 21.9. The molecule has 26 heavy (non-hydrogen) atoms. The van der Waals surface area contributed by atoms with Crippen LogP contribution in [0.5, 0.6) is 0 Å². The van der Waals surface area contributed by atoms with Crippen LogP contribution in [0.15, 0.2) is 46.0 Å². The largest absolute Gasteiger partial charge is 0.508 e. The number of rotatable bonds is 7. The fourth-order valence-corrected chi connectivity index (χ4v) is 2.64. The van der Waals surface area contributed by atoms with Crippen molar-refractivity contribution in [2.45, 2.75) is 66.4 Å². The summed E-state index contributed by atoms with van der Waals surface area (Å²) in [5.41, 5.74) is -0.843. The minimum atomic E-state index is -2.24. The molecule has 0 aliphatic heterocycles. The summed E-state index contributed by atoms with van der Waals surface area (Å²) in [7, 11) is 0. The molecule has 2 atom stereocenters. The Morgan fingerprint density at radius 3 is 2.12 bits per heavy atom. The predicted molar refractivity (Wildman–Crippen MR) is 102 cm³/mol. The minimum absolute atomic E-state index is 0.0158. The van der Waals surface area contributed by atoms with Gasteiger partial charge < -0.3 is 15.3 Å². The summed E-state index contributed by atoms with van der Waals surface area (Å²) in [4.78, 5) is 25.6. The van der Waals surface area contributed by atoms with Crippen molar-refractivity contribution in [3.05, 3.63) is 46.0 Å². The fraction of sp³-hybridized carbons (Fsp3) is 0.524. The predicted octanol–water partition coefficient (Wildman–Crippen LogP) is 4.25. The summed E-state index contributed by atoms with van der Waals surface area (Å²) < 4.78 is 0. The molecule has 144 valence electrons. The van der Waals surface area contributed by atoms with Gasteiger partial charge in [-0.2, -0.15) is 0 Å². The quantitative estimate of drug-likeness (QED) is 0.465. The Labute approximate surface area is 155 Å². The van der Waals surface area contributed by atoms with Gasteiger partial charge in [0.25, 0.3) is 0 Å². The fourth-order valence-electron chi connectivity index (χ4n) is 2.64. The third kappa shape index (κ3) is 4.33. The Balaban J connectivity index is 3.63. The van der Waals surface area contributed by atoms with E-state index < -0.39 is 40.2 Å². The maximum atomic E-state index is 12.9. The van der Waals surface area contributed by atoms with Crippen LogP contribution in [0.4, 0.5) is 0 Å². The minimum Gasteiger partial charge on any atom is -0.508 e. The van der Waals surface area contributed by atoms with Gasteiger partial charge in [-0.3, -0.25) is 9.59 Å². The highest BCUT2D eigenvalue weighted by Gasteiger charge is 2.49. The monoisotopic (exact) mass is 362 g/mol. The van der Waals surface area contributed by atoms with Crippen LogP contribution in [0, 0.1) is 5.92 Å². The lowest BCUT2D eigenvalue weighted by Crippen LogP contribution is -2.47. The van der Waals surface area contributed by atoms with Crippen molar-refractivity contribution in [1.82, 2.24) is 0 Å². The van der Waals surface area contributed by atoms with E-state index in [4.69, 9.17) is 0 Å². The number of hydrogen-bond acceptors (Lipinski definition) is 5. The second-order valence-corrected chi connectivity index (χ2v) is 7.38. The number of aliphatic hydroxyl groups is 3. The van der Waals surface area contributed by atoms with E-state index in [-0.39, 0.29) is 18.4 Å². The molecule has 5 heteroatoms. The highest BCUT2D eigenvalue weighted by Crippen LogP contribution is 2.38. The molecule has 0 aromatic carbocycles. The average Bonchev–Trinajstić information content (AvgIpc) is 2.57. The van der Waals surface area contributed by atoms with Gasteiger partial charge >= 0.3 is 0 Å². The Morgan fingerprint density at radius 1 is 1.12 bits per heavy atom. The summed E-state index contributed by atoms with van der Waals surface area (Å²) in [6.45, 7) is 10.8. The molecule has 1 unspecified atom stereocenters. The third-order valence-corrected chi connectivity index (χ3v) is 4.63. The van der Waals surface area contributed by atoms with Crippen molar-refractivity contribution in [3.63, 3.8) is 0 Å². The van der Waals surface area contributed by atoms with Crippen molar-refractivity contribution < 1.29 is 24.9 Å². The molecule has 0 bridgehead atoms. The Morgan fingerprint density at radius 2 is 1.65 bits per heavy atom. The molecule has 0 heterocycles. The van der Waals surface area contributed by atoms with Crippen LogP contribution in [0.3, 0.4) is 0 Å². The van der Waals surface area contributed by atoms with E-state index in [0.717, 1.165) is 11.1 Å². The maximum absolute atomic E-state index is 12.9. The summed E-state index contributed by atoms with van der Waals surface area (Å²) in [6, 6.07) is 0. The molecule has 1 rings (SSSR count). The van der Waals surface area contributed by atoms with Crippen LogP contribution in [-0.4, -0.2) is 32.5 Å². The molecule has 1 aliphatic rings. The number of Topliss-reactive ketones (excluding diaryl/α,β-unsaturated/α-hetero) is 2. The zero-order chi connectivity index (χ0) is 20.2. The second kappa shape index (κ2) is 8.49. The van der Waals surface area contributed by atoms with Gasteiger partial charge in [-0.05, 0) is 40.5 Å². The lowest BCUT2D eigenvalue weighted by molar-refractivity contribution is -0.135.